The van der Waals surface area contributed by atoms with Gasteiger partial charge in [-0.2, -0.15) is 0 Å². The second kappa shape index (κ2) is 7.94. The Morgan fingerprint density at radius 2 is 1.73 bits per heavy atom. The van der Waals surface area contributed by atoms with Crippen molar-refractivity contribution in [1.29, 1.82) is 0 Å². The molecule has 2 rings (SSSR count). The molecule has 0 aliphatic rings. The Labute approximate surface area is 143 Å². The first kappa shape index (κ1) is 16.5. The Balaban J connectivity index is 1.90. The number of halogens is 2. The molecule has 0 heterocycles. The average Bonchev–Trinajstić information content (AvgIpc) is 2.49. The molecule has 6 heteroatoms. The van der Waals surface area contributed by atoms with Crippen LogP contribution in [0.25, 0.3) is 6.08 Å². The second-order valence-electron chi connectivity index (χ2n) is 4.31. The summed E-state index contributed by atoms with van der Waals surface area (Å²) in [6.07, 6.45) is 3.06. The monoisotopic (exact) mass is 350 g/mol. The van der Waals surface area contributed by atoms with Crippen LogP contribution in [-0.2, 0) is 4.79 Å². The highest BCUT2D eigenvalue weighted by atomic mass is 35.5. The molecule has 2 N–H and O–H groups in total. The van der Waals surface area contributed by atoms with E-state index >= 15 is 0 Å². The van der Waals surface area contributed by atoms with Crippen LogP contribution in [0, 0.1) is 0 Å². The van der Waals surface area contributed by atoms with Crippen molar-refractivity contribution >= 4 is 58.2 Å². The smallest absolute Gasteiger partial charge is 0.250 e. The van der Waals surface area contributed by atoms with Crippen molar-refractivity contribution in [1.82, 2.24) is 5.32 Å². The number of hydrogen-bond donors (Lipinski definition) is 2. The van der Waals surface area contributed by atoms with Gasteiger partial charge in [-0.3, -0.25) is 10.1 Å². The zero-order valence-corrected chi connectivity index (χ0v) is 13.7. The molecule has 0 spiro atoms. The largest absolute Gasteiger partial charge is 0.331 e. The molecule has 2 aromatic carbocycles. The molecule has 0 atom stereocenters. The molecule has 0 bridgehead atoms. The summed E-state index contributed by atoms with van der Waals surface area (Å²) in [5, 5.41) is 6.76. The van der Waals surface area contributed by atoms with E-state index in [4.69, 9.17) is 35.4 Å². The van der Waals surface area contributed by atoms with E-state index in [0.717, 1.165) is 5.56 Å². The van der Waals surface area contributed by atoms with E-state index in [1.807, 2.05) is 24.3 Å². The number of carbonyl (C=O) groups is 1. The number of amides is 1. The van der Waals surface area contributed by atoms with Crippen LogP contribution in [0.4, 0.5) is 5.69 Å². The predicted octanol–water partition coefficient (Wildman–Crippen LogP) is 4.52. The number of thiocarbonyl (C=S) groups is 1. The average molecular weight is 351 g/mol. The van der Waals surface area contributed by atoms with E-state index in [-0.39, 0.29) is 11.0 Å². The first-order chi connectivity index (χ1) is 10.5. The van der Waals surface area contributed by atoms with E-state index in [1.165, 1.54) is 6.08 Å². The number of nitrogens with one attached hydrogen (secondary N) is 2. The van der Waals surface area contributed by atoms with E-state index in [1.54, 1.807) is 30.3 Å². The van der Waals surface area contributed by atoms with Crippen LogP contribution in [-0.4, -0.2) is 11.0 Å². The molecular formula is C16H12Cl2N2OS. The Bertz CT molecular complexity index is 714. The zero-order chi connectivity index (χ0) is 15.9. The maximum atomic E-state index is 11.8. The first-order valence-electron chi connectivity index (χ1n) is 6.35. The predicted molar refractivity (Wildman–Crippen MR) is 96.3 cm³/mol. The van der Waals surface area contributed by atoms with Crippen molar-refractivity contribution in [3.63, 3.8) is 0 Å². The molecule has 0 saturated carbocycles. The van der Waals surface area contributed by atoms with Gasteiger partial charge in [0.2, 0.25) is 5.91 Å². The first-order valence-corrected chi connectivity index (χ1v) is 7.51. The summed E-state index contributed by atoms with van der Waals surface area (Å²) in [6, 6.07) is 14.3. The Morgan fingerprint density at radius 1 is 1.05 bits per heavy atom. The second-order valence-corrected chi connectivity index (χ2v) is 5.56. The minimum absolute atomic E-state index is 0.179. The summed E-state index contributed by atoms with van der Waals surface area (Å²) in [7, 11) is 0. The number of anilines is 1. The summed E-state index contributed by atoms with van der Waals surface area (Å²) in [6.45, 7) is 0. The van der Waals surface area contributed by atoms with Gasteiger partial charge in [0.25, 0.3) is 0 Å². The van der Waals surface area contributed by atoms with Crippen molar-refractivity contribution in [3.8, 4) is 0 Å². The highest BCUT2D eigenvalue weighted by Crippen LogP contribution is 2.20. The zero-order valence-electron chi connectivity index (χ0n) is 11.3. The van der Waals surface area contributed by atoms with Crippen LogP contribution < -0.4 is 10.6 Å². The van der Waals surface area contributed by atoms with Crippen LogP contribution in [0.2, 0.25) is 10.0 Å². The Hall–Kier alpha value is -1.88. The van der Waals surface area contributed by atoms with Crippen molar-refractivity contribution in [2.24, 2.45) is 0 Å². The number of rotatable bonds is 3. The van der Waals surface area contributed by atoms with Crippen molar-refractivity contribution in [3.05, 3.63) is 70.2 Å². The molecule has 3 nitrogen and oxygen atoms in total. The minimum atomic E-state index is -0.334. The van der Waals surface area contributed by atoms with Gasteiger partial charge in [-0.25, -0.2) is 0 Å². The van der Waals surface area contributed by atoms with Crippen molar-refractivity contribution in [2.75, 3.05) is 5.32 Å². The lowest BCUT2D eigenvalue weighted by Gasteiger charge is -2.09. The van der Waals surface area contributed by atoms with Gasteiger partial charge in [-0.05, 0) is 48.1 Å². The normalized spacial score (nSPS) is 10.5. The van der Waals surface area contributed by atoms with Gasteiger partial charge in [0, 0.05) is 11.1 Å². The van der Waals surface area contributed by atoms with E-state index in [9.17, 15) is 4.79 Å². The Morgan fingerprint density at radius 3 is 2.41 bits per heavy atom. The minimum Gasteiger partial charge on any atom is -0.331 e. The molecule has 0 aliphatic heterocycles. The summed E-state index contributed by atoms with van der Waals surface area (Å²) >= 11 is 16.9. The van der Waals surface area contributed by atoms with Gasteiger partial charge in [0.1, 0.15) is 0 Å². The molecule has 112 valence electrons. The van der Waals surface area contributed by atoms with Gasteiger partial charge in [0.05, 0.1) is 10.7 Å². The third-order valence-electron chi connectivity index (χ3n) is 2.66. The molecule has 0 aromatic heterocycles. The number of hydrogen-bond acceptors (Lipinski definition) is 2. The maximum absolute atomic E-state index is 11.8. The molecular weight excluding hydrogens is 339 g/mol. The van der Waals surface area contributed by atoms with Gasteiger partial charge >= 0.3 is 0 Å². The lowest BCUT2D eigenvalue weighted by Crippen LogP contribution is -2.32. The fourth-order valence-electron chi connectivity index (χ4n) is 1.62. The van der Waals surface area contributed by atoms with Gasteiger partial charge in [-0.1, -0.05) is 47.5 Å². The number of benzene rings is 2. The molecule has 2 aromatic rings. The fraction of sp³-hybridized carbons (Fsp3) is 0. The highest BCUT2D eigenvalue weighted by molar-refractivity contribution is 7.80. The van der Waals surface area contributed by atoms with Crippen LogP contribution in [0.3, 0.4) is 0 Å². The van der Waals surface area contributed by atoms with Crippen LogP contribution in [0.1, 0.15) is 5.56 Å². The molecule has 0 fully saturated rings. The summed E-state index contributed by atoms with van der Waals surface area (Å²) in [5.41, 5.74) is 1.50. The lowest BCUT2D eigenvalue weighted by atomic mass is 10.2. The molecule has 1 amide bonds. The van der Waals surface area contributed by atoms with E-state index < -0.39 is 0 Å². The number of para-hydroxylation sites is 1. The third-order valence-corrected chi connectivity index (χ3v) is 3.44. The standard InChI is InChI=1S/C16H12Cl2N2OS/c17-12-8-5-11(6-9-12)7-10-15(21)20-16(22)19-14-4-2-1-3-13(14)18/h1-10H,(H2,19,20,21,22)/b10-7+. The summed E-state index contributed by atoms with van der Waals surface area (Å²) in [5.74, 6) is -0.334. The Kier molecular flexibility index (Phi) is 5.95. The van der Waals surface area contributed by atoms with Gasteiger partial charge in [-0.15, -0.1) is 0 Å². The molecule has 0 aliphatic carbocycles. The molecule has 22 heavy (non-hydrogen) atoms. The lowest BCUT2D eigenvalue weighted by molar-refractivity contribution is -0.115. The van der Waals surface area contributed by atoms with Gasteiger partial charge in [0.15, 0.2) is 5.11 Å². The maximum Gasteiger partial charge on any atom is 0.250 e. The van der Waals surface area contributed by atoms with E-state index in [2.05, 4.69) is 10.6 Å². The van der Waals surface area contributed by atoms with Gasteiger partial charge < -0.3 is 5.32 Å². The topological polar surface area (TPSA) is 41.1 Å². The molecule has 0 radical (unpaired) electrons. The third kappa shape index (κ3) is 5.15. The quantitative estimate of drug-likeness (QED) is 0.631. The van der Waals surface area contributed by atoms with Crippen LogP contribution in [0.5, 0.6) is 0 Å². The highest BCUT2D eigenvalue weighted by Gasteiger charge is 2.04. The molecule has 0 unspecified atom stereocenters. The fourth-order valence-corrected chi connectivity index (χ4v) is 2.14. The van der Waals surface area contributed by atoms with Crippen LogP contribution in [0.15, 0.2) is 54.6 Å². The van der Waals surface area contributed by atoms with E-state index in [0.29, 0.717) is 15.7 Å². The van der Waals surface area contributed by atoms with Crippen molar-refractivity contribution < 1.29 is 4.79 Å². The van der Waals surface area contributed by atoms with Crippen LogP contribution >= 0.6 is 35.4 Å². The SMILES string of the molecule is O=C(/C=C/c1ccc(Cl)cc1)NC(=S)Nc1ccccc1Cl. The van der Waals surface area contributed by atoms with Crippen molar-refractivity contribution in [2.45, 2.75) is 0 Å². The summed E-state index contributed by atoms with van der Waals surface area (Å²) < 4.78 is 0. The molecule has 0 saturated heterocycles. The number of carbonyl (C=O) groups excluding carboxylic acids is 1. The summed E-state index contributed by atoms with van der Waals surface area (Å²) in [4.78, 5) is 11.8.